The van der Waals surface area contributed by atoms with Gasteiger partial charge in [0.25, 0.3) is 5.91 Å². The summed E-state index contributed by atoms with van der Waals surface area (Å²) in [6.07, 6.45) is 0. The molecule has 1 N–H and O–H groups in total. The van der Waals surface area contributed by atoms with E-state index in [1.54, 1.807) is 43.5 Å². The van der Waals surface area contributed by atoms with Crippen LogP contribution in [0.15, 0.2) is 60.7 Å². The average Bonchev–Trinajstić information content (AvgIpc) is 2.72. The van der Waals surface area contributed by atoms with Crippen LogP contribution in [0.25, 0.3) is 0 Å². The number of aryl methyl sites for hydroxylation is 1. The fraction of sp³-hybridized carbons (Fsp3) is 0.174. The minimum absolute atomic E-state index is 0.272. The Morgan fingerprint density at radius 3 is 2.45 bits per heavy atom. The zero-order valence-corrected chi connectivity index (χ0v) is 17.2. The zero-order chi connectivity index (χ0) is 20.8. The van der Waals surface area contributed by atoms with Crippen LogP contribution in [0, 0.1) is 6.92 Å². The minimum atomic E-state index is -0.287. The SMILES string of the molecule is COc1ccc(C(=O)Nc2cc(Cl)ccc2OC)cc1COc1cccc(C)c1. The van der Waals surface area contributed by atoms with Crippen molar-refractivity contribution in [2.24, 2.45) is 0 Å². The Hall–Kier alpha value is -3.18. The third-order valence-corrected chi connectivity index (χ3v) is 4.57. The molecule has 0 aliphatic heterocycles. The number of halogens is 1. The Bertz CT molecular complexity index is 1020. The second-order valence-corrected chi connectivity index (χ2v) is 6.87. The number of benzene rings is 3. The smallest absolute Gasteiger partial charge is 0.255 e. The predicted octanol–water partition coefficient (Wildman–Crippen LogP) is 5.50. The summed E-state index contributed by atoms with van der Waals surface area (Å²) in [5, 5.41) is 3.34. The van der Waals surface area contributed by atoms with E-state index >= 15 is 0 Å². The Morgan fingerprint density at radius 2 is 1.72 bits per heavy atom. The van der Waals surface area contributed by atoms with E-state index in [4.69, 9.17) is 25.8 Å². The molecule has 0 aromatic heterocycles. The van der Waals surface area contributed by atoms with E-state index in [0.717, 1.165) is 16.9 Å². The summed E-state index contributed by atoms with van der Waals surface area (Å²) in [5.41, 5.74) is 2.84. The standard InChI is InChI=1S/C23H22ClNO4/c1-15-5-4-6-19(11-15)29-14-17-12-16(7-9-21(17)27-2)23(26)25-20-13-18(24)8-10-22(20)28-3/h4-13H,14H2,1-3H3,(H,25,26). The van der Waals surface area contributed by atoms with Crippen molar-refractivity contribution in [1.29, 1.82) is 0 Å². The number of ether oxygens (including phenoxy) is 3. The lowest BCUT2D eigenvalue weighted by molar-refractivity contribution is 0.102. The molecule has 1 amide bonds. The van der Waals surface area contributed by atoms with Crippen molar-refractivity contribution in [2.45, 2.75) is 13.5 Å². The first-order valence-electron chi connectivity index (χ1n) is 9.01. The van der Waals surface area contributed by atoms with Gasteiger partial charge in [-0.25, -0.2) is 0 Å². The summed E-state index contributed by atoms with van der Waals surface area (Å²) in [4.78, 5) is 12.8. The second kappa shape index (κ2) is 9.34. The summed E-state index contributed by atoms with van der Waals surface area (Å²) >= 11 is 6.04. The largest absolute Gasteiger partial charge is 0.496 e. The molecule has 0 saturated carbocycles. The van der Waals surface area contributed by atoms with Crippen LogP contribution in [-0.2, 0) is 6.61 Å². The zero-order valence-electron chi connectivity index (χ0n) is 16.5. The first-order chi connectivity index (χ1) is 14.0. The number of carbonyl (C=O) groups excluding carboxylic acids is 1. The molecule has 0 atom stereocenters. The quantitative estimate of drug-likeness (QED) is 0.558. The Labute approximate surface area is 175 Å². The van der Waals surface area contributed by atoms with Gasteiger partial charge in [-0.1, -0.05) is 23.7 Å². The fourth-order valence-electron chi connectivity index (χ4n) is 2.87. The molecule has 0 aliphatic carbocycles. The molecular weight excluding hydrogens is 390 g/mol. The third kappa shape index (κ3) is 5.21. The summed E-state index contributed by atoms with van der Waals surface area (Å²) in [6.45, 7) is 2.27. The molecule has 3 aromatic carbocycles. The van der Waals surface area contributed by atoms with E-state index in [1.165, 1.54) is 7.11 Å². The molecule has 3 rings (SSSR count). The van der Waals surface area contributed by atoms with Gasteiger partial charge in [-0.3, -0.25) is 4.79 Å². The topological polar surface area (TPSA) is 56.8 Å². The minimum Gasteiger partial charge on any atom is -0.496 e. The average molecular weight is 412 g/mol. The monoisotopic (exact) mass is 411 g/mol. The summed E-state index contributed by atoms with van der Waals surface area (Å²) in [7, 11) is 3.12. The molecule has 3 aromatic rings. The van der Waals surface area contributed by atoms with Crippen LogP contribution in [-0.4, -0.2) is 20.1 Å². The third-order valence-electron chi connectivity index (χ3n) is 4.34. The van der Waals surface area contributed by atoms with Gasteiger partial charge in [-0.05, 0) is 61.0 Å². The van der Waals surface area contributed by atoms with Crippen LogP contribution in [0.2, 0.25) is 5.02 Å². The molecule has 0 fully saturated rings. The lowest BCUT2D eigenvalue weighted by atomic mass is 10.1. The molecule has 0 radical (unpaired) electrons. The number of carbonyl (C=O) groups is 1. The maximum absolute atomic E-state index is 12.8. The molecule has 150 valence electrons. The summed E-state index contributed by atoms with van der Waals surface area (Å²) in [5.74, 6) is 1.64. The van der Waals surface area contributed by atoms with E-state index in [1.807, 2.05) is 31.2 Å². The van der Waals surface area contributed by atoms with E-state index in [2.05, 4.69) is 5.32 Å². The van der Waals surface area contributed by atoms with Gasteiger partial charge in [0.05, 0.1) is 19.9 Å². The molecule has 29 heavy (non-hydrogen) atoms. The number of amides is 1. The van der Waals surface area contributed by atoms with Gasteiger partial charge in [0.15, 0.2) is 0 Å². The second-order valence-electron chi connectivity index (χ2n) is 6.43. The number of rotatable bonds is 7. The van der Waals surface area contributed by atoms with Gasteiger partial charge in [0.2, 0.25) is 0 Å². The highest BCUT2D eigenvalue weighted by atomic mass is 35.5. The number of hydrogen-bond acceptors (Lipinski definition) is 4. The highest BCUT2D eigenvalue weighted by Crippen LogP contribution is 2.29. The van der Waals surface area contributed by atoms with Crippen molar-refractivity contribution in [3.8, 4) is 17.2 Å². The summed E-state index contributed by atoms with van der Waals surface area (Å²) in [6, 6.07) is 18.0. The van der Waals surface area contributed by atoms with Crippen molar-refractivity contribution in [2.75, 3.05) is 19.5 Å². The maximum atomic E-state index is 12.8. The van der Waals surface area contributed by atoms with Crippen molar-refractivity contribution in [3.05, 3.63) is 82.4 Å². The van der Waals surface area contributed by atoms with Crippen molar-refractivity contribution in [3.63, 3.8) is 0 Å². The molecule has 0 unspecified atom stereocenters. The molecule has 5 nitrogen and oxygen atoms in total. The van der Waals surface area contributed by atoms with Gasteiger partial charge in [-0.2, -0.15) is 0 Å². The molecule has 6 heteroatoms. The number of hydrogen-bond donors (Lipinski definition) is 1. The molecule has 0 saturated heterocycles. The lowest BCUT2D eigenvalue weighted by Gasteiger charge is -2.14. The Balaban J connectivity index is 1.80. The maximum Gasteiger partial charge on any atom is 0.255 e. The predicted molar refractivity (Wildman–Crippen MR) is 114 cm³/mol. The summed E-state index contributed by atoms with van der Waals surface area (Å²) < 4.78 is 16.6. The highest BCUT2D eigenvalue weighted by molar-refractivity contribution is 6.31. The highest BCUT2D eigenvalue weighted by Gasteiger charge is 2.14. The van der Waals surface area contributed by atoms with Gasteiger partial charge in [0.1, 0.15) is 23.9 Å². The van der Waals surface area contributed by atoms with Crippen molar-refractivity contribution >= 4 is 23.2 Å². The molecular formula is C23H22ClNO4. The Morgan fingerprint density at radius 1 is 0.966 bits per heavy atom. The van der Waals surface area contributed by atoms with Crippen LogP contribution in [0.5, 0.6) is 17.2 Å². The van der Waals surface area contributed by atoms with Gasteiger partial charge >= 0.3 is 0 Å². The van der Waals surface area contributed by atoms with Crippen molar-refractivity contribution < 1.29 is 19.0 Å². The normalized spacial score (nSPS) is 10.3. The van der Waals surface area contributed by atoms with Crippen LogP contribution >= 0.6 is 11.6 Å². The van der Waals surface area contributed by atoms with Crippen LogP contribution in [0.1, 0.15) is 21.5 Å². The molecule has 0 bridgehead atoms. The number of methoxy groups -OCH3 is 2. The van der Waals surface area contributed by atoms with E-state index in [0.29, 0.717) is 27.8 Å². The number of anilines is 1. The van der Waals surface area contributed by atoms with Crippen molar-refractivity contribution in [1.82, 2.24) is 0 Å². The van der Waals surface area contributed by atoms with Crippen LogP contribution in [0.3, 0.4) is 0 Å². The fourth-order valence-corrected chi connectivity index (χ4v) is 3.04. The Kier molecular flexibility index (Phi) is 6.62. The first-order valence-corrected chi connectivity index (χ1v) is 9.39. The van der Waals surface area contributed by atoms with E-state index < -0.39 is 0 Å². The molecule has 0 spiro atoms. The van der Waals surface area contributed by atoms with Crippen LogP contribution in [0.4, 0.5) is 5.69 Å². The van der Waals surface area contributed by atoms with Crippen LogP contribution < -0.4 is 19.5 Å². The first kappa shape index (κ1) is 20.6. The van der Waals surface area contributed by atoms with Gasteiger partial charge < -0.3 is 19.5 Å². The molecule has 0 aliphatic rings. The van der Waals surface area contributed by atoms with E-state index in [9.17, 15) is 4.79 Å². The number of nitrogens with one attached hydrogen (secondary N) is 1. The lowest BCUT2D eigenvalue weighted by Crippen LogP contribution is -2.13. The van der Waals surface area contributed by atoms with Gasteiger partial charge in [0, 0.05) is 16.1 Å². The van der Waals surface area contributed by atoms with Gasteiger partial charge in [-0.15, -0.1) is 0 Å². The van der Waals surface area contributed by atoms with E-state index in [-0.39, 0.29) is 12.5 Å². The molecule has 0 heterocycles.